The van der Waals surface area contributed by atoms with Gasteiger partial charge in [0.1, 0.15) is 6.17 Å². The predicted molar refractivity (Wildman–Crippen MR) is 152 cm³/mol. The molecule has 0 N–H and O–H groups in total. The quantitative estimate of drug-likeness (QED) is 0.537. The summed E-state index contributed by atoms with van der Waals surface area (Å²) in [6, 6.07) is 7.53. The zero-order valence-electron chi connectivity index (χ0n) is 24.5. The number of rotatable bonds is 4. The number of anilines is 1. The molecule has 1 aromatic rings. The molecule has 5 heterocycles. The van der Waals surface area contributed by atoms with Gasteiger partial charge in [-0.05, 0) is 96.4 Å². The number of alkyl halides is 1. The third-order valence-electron chi connectivity index (χ3n) is 12.2. The van der Waals surface area contributed by atoms with Crippen molar-refractivity contribution >= 4 is 24.2 Å². The first-order chi connectivity index (χ1) is 19.0. The Morgan fingerprint density at radius 2 is 1.57 bits per heavy atom. The lowest BCUT2D eigenvalue weighted by Gasteiger charge is -2.47. The number of amides is 1. The molecule has 6 fully saturated rings. The molecule has 4 saturated heterocycles. The summed E-state index contributed by atoms with van der Waals surface area (Å²) in [5, 5.41) is 0. The van der Waals surface area contributed by atoms with E-state index in [0.29, 0.717) is 18.6 Å². The van der Waals surface area contributed by atoms with Crippen LogP contribution in [0.3, 0.4) is 0 Å². The summed E-state index contributed by atoms with van der Waals surface area (Å²) in [6.07, 6.45) is 4.93. The van der Waals surface area contributed by atoms with Crippen LogP contribution in [0.5, 0.6) is 0 Å². The Morgan fingerprint density at radius 3 is 2.15 bits per heavy atom. The molecule has 5 aliphatic heterocycles. The maximum atomic E-state index is 14.7. The Kier molecular flexibility index (Phi) is 5.57. The molecule has 1 amide bonds. The lowest BCUT2D eigenvalue weighted by atomic mass is 9.71. The maximum absolute atomic E-state index is 14.7. The van der Waals surface area contributed by atoms with E-state index >= 15 is 0 Å². The van der Waals surface area contributed by atoms with Crippen molar-refractivity contribution in [1.29, 1.82) is 0 Å². The number of carbonyl (C=O) groups excluding carboxylic acids is 1. The molecule has 1 atom stereocenters. The fraction of sp³-hybridized carbons (Fsp3) is 0.774. The highest BCUT2D eigenvalue weighted by Crippen LogP contribution is 2.56. The van der Waals surface area contributed by atoms with Crippen molar-refractivity contribution in [1.82, 2.24) is 9.80 Å². The Bertz CT molecular complexity index is 1200. The van der Waals surface area contributed by atoms with Crippen LogP contribution in [0, 0.1) is 5.41 Å². The number of hydrogen-bond acceptors (Lipinski definition) is 6. The average molecular weight is 552 g/mol. The van der Waals surface area contributed by atoms with Crippen molar-refractivity contribution in [2.75, 3.05) is 44.3 Å². The molecule has 40 heavy (non-hydrogen) atoms. The van der Waals surface area contributed by atoms with Crippen LogP contribution in [-0.2, 0) is 24.3 Å². The van der Waals surface area contributed by atoms with Gasteiger partial charge in [-0.3, -0.25) is 14.6 Å². The maximum Gasteiger partial charge on any atom is 0.494 e. The topological polar surface area (TPSA) is 54.5 Å². The van der Waals surface area contributed by atoms with Crippen molar-refractivity contribution in [3.8, 4) is 0 Å². The van der Waals surface area contributed by atoms with Crippen molar-refractivity contribution in [2.24, 2.45) is 5.41 Å². The van der Waals surface area contributed by atoms with Crippen LogP contribution in [0.25, 0.3) is 0 Å². The minimum absolute atomic E-state index is 0.0532. The third-order valence-corrected chi connectivity index (χ3v) is 12.2. The van der Waals surface area contributed by atoms with Crippen LogP contribution in [0.1, 0.15) is 71.8 Å². The summed E-state index contributed by atoms with van der Waals surface area (Å²) in [7, 11) is -0.459. The van der Waals surface area contributed by atoms with Crippen molar-refractivity contribution < 1.29 is 23.2 Å². The molecule has 216 valence electrons. The molecule has 1 aromatic carbocycles. The minimum Gasteiger partial charge on any atom is -0.399 e. The van der Waals surface area contributed by atoms with E-state index in [2.05, 4.69) is 60.6 Å². The van der Waals surface area contributed by atoms with Gasteiger partial charge in [-0.2, -0.15) is 0 Å². The van der Waals surface area contributed by atoms with Gasteiger partial charge in [-0.25, -0.2) is 4.39 Å². The van der Waals surface area contributed by atoms with Crippen LogP contribution in [0.4, 0.5) is 10.1 Å². The number of fused-ring (bicyclic) bond motifs is 2. The van der Waals surface area contributed by atoms with Crippen molar-refractivity contribution in [3.63, 3.8) is 0 Å². The Balaban J connectivity index is 1.08. The molecular weight excluding hydrogens is 508 g/mol. The molecule has 7 aliphatic rings. The van der Waals surface area contributed by atoms with E-state index < -0.39 is 29.9 Å². The predicted octanol–water partition coefficient (Wildman–Crippen LogP) is 3.03. The number of ether oxygens (including phenoxy) is 1. The summed E-state index contributed by atoms with van der Waals surface area (Å²) in [5.74, 6) is 0.269. The van der Waals surface area contributed by atoms with E-state index in [-0.39, 0.29) is 17.4 Å². The second kappa shape index (κ2) is 8.53. The van der Waals surface area contributed by atoms with Gasteiger partial charge in [0.25, 0.3) is 0 Å². The smallest absolute Gasteiger partial charge is 0.399 e. The molecule has 2 spiro atoms. The summed E-state index contributed by atoms with van der Waals surface area (Å²) < 4.78 is 33.0. The summed E-state index contributed by atoms with van der Waals surface area (Å²) in [5.41, 5.74) is 1.83. The molecular formula is C31H43BFN3O4. The summed E-state index contributed by atoms with van der Waals surface area (Å²) in [4.78, 5) is 21.5. The molecule has 2 saturated carbocycles. The molecule has 9 heteroatoms. The van der Waals surface area contributed by atoms with Gasteiger partial charge in [0.05, 0.1) is 35.9 Å². The van der Waals surface area contributed by atoms with E-state index in [1.54, 1.807) is 0 Å². The Labute approximate surface area is 237 Å². The largest absolute Gasteiger partial charge is 0.494 e. The zero-order chi connectivity index (χ0) is 27.7. The molecule has 8 rings (SSSR count). The first-order valence-electron chi connectivity index (χ1n) is 15.6. The number of halogens is 1. The average Bonchev–Trinajstić information content (AvgIpc) is 3.45. The fourth-order valence-corrected chi connectivity index (χ4v) is 8.23. The normalized spacial score (nSPS) is 35.8. The highest BCUT2D eigenvalue weighted by Gasteiger charge is 2.60. The number of carbonyl (C=O) groups is 1. The van der Waals surface area contributed by atoms with Crippen LogP contribution in [0.15, 0.2) is 18.2 Å². The van der Waals surface area contributed by atoms with Crippen LogP contribution >= 0.6 is 0 Å². The second-order valence-electron chi connectivity index (χ2n) is 14.9. The van der Waals surface area contributed by atoms with Gasteiger partial charge < -0.3 is 18.9 Å². The van der Waals surface area contributed by atoms with Gasteiger partial charge in [0.15, 0.2) is 0 Å². The molecule has 1 unspecified atom stereocenters. The standard InChI is InChI=1S/C31H43BFN3O4/c1-28(2)29(3,4)40-32(39-28)20-5-6-24-25(13-20)36(22-14-21(15-22)35-16-26(33)30(19-35)7-8-30)27(37)31(24)9-11-34(12-10-31)23-17-38-18-23/h5-6,13,21-23,26H,7-12,14-19H2,1-4H3. The Hall–Kier alpha value is -1.52. The SMILES string of the molecule is CC1(C)OB(c2ccc3c(c2)N(C2CC(N4CC(F)C5(CC5)C4)C2)C(=O)C32CCN(C3COC3)CC2)OC1(C)C. The zero-order valence-corrected chi connectivity index (χ0v) is 24.5. The number of nitrogens with zero attached hydrogens (tertiary/aromatic N) is 3. The van der Waals surface area contributed by atoms with Gasteiger partial charge >= 0.3 is 7.12 Å². The first-order valence-corrected chi connectivity index (χ1v) is 15.6. The lowest BCUT2D eigenvalue weighted by Crippen LogP contribution is -2.59. The van der Waals surface area contributed by atoms with E-state index in [4.69, 9.17) is 14.0 Å². The monoisotopic (exact) mass is 551 g/mol. The summed E-state index contributed by atoms with van der Waals surface area (Å²) in [6.45, 7) is 13.2. The number of hydrogen-bond donors (Lipinski definition) is 0. The number of piperidine rings is 1. The van der Waals surface area contributed by atoms with Crippen LogP contribution in [-0.4, -0.2) is 97.7 Å². The molecule has 7 nitrogen and oxygen atoms in total. The van der Waals surface area contributed by atoms with Gasteiger partial charge in [-0.1, -0.05) is 12.1 Å². The van der Waals surface area contributed by atoms with Gasteiger partial charge in [-0.15, -0.1) is 0 Å². The van der Waals surface area contributed by atoms with Crippen molar-refractivity contribution in [3.05, 3.63) is 23.8 Å². The number of likely N-dealkylation sites (tertiary alicyclic amines) is 2. The second-order valence-corrected chi connectivity index (χ2v) is 14.9. The fourth-order valence-electron chi connectivity index (χ4n) is 8.23. The van der Waals surface area contributed by atoms with E-state index in [1.807, 2.05) is 0 Å². The van der Waals surface area contributed by atoms with E-state index in [1.165, 1.54) is 5.56 Å². The highest BCUT2D eigenvalue weighted by molar-refractivity contribution is 6.62. The molecule has 0 radical (unpaired) electrons. The van der Waals surface area contributed by atoms with Gasteiger partial charge in [0, 0.05) is 36.3 Å². The molecule has 0 aromatic heterocycles. The summed E-state index contributed by atoms with van der Waals surface area (Å²) >= 11 is 0. The first kappa shape index (κ1) is 26.1. The minimum atomic E-state index is -0.683. The van der Waals surface area contributed by atoms with Crippen LogP contribution in [0.2, 0.25) is 0 Å². The van der Waals surface area contributed by atoms with Crippen molar-refractivity contribution in [2.45, 2.75) is 107 Å². The third kappa shape index (κ3) is 3.63. The Morgan fingerprint density at radius 1 is 0.900 bits per heavy atom. The highest BCUT2D eigenvalue weighted by atomic mass is 19.1. The lowest BCUT2D eigenvalue weighted by molar-refractivity contribution is -0.128. The van der Waals surface area contributed by atoms with E-state index in [0.717, 1.165) is 82.5 Å². The van der Waals surface area contributed by atoms with E-state index in [9.17, 15) is 9.18 Å². The van der Waals surface area contributed by atoms with Crippen LogP contribution < -0.4 is 10.4 Å². The number of benzene rings is 1. The molecule has 0 bridgehead atoms. The van der Waals surface area contributed by atoms with Gasteiger partial charge in [0.2, 0.25) is 5.91 Å². The molecule has 2 aliphatic carbocycles.